The number of rotatable bonds is 9. The average Bonchev–Trinajstić information content (AvgIpc) is 3.26. The maximum Gasteiger partial charge on any atom is 0.306 e. The Morgan fingerprint density at radius 3 is 2.84 bits per heavy atom. The van der Waals surface area contributed by atoms with Crippen LogP contribution in [0.2, 0.25) is 4.34 Å². The molecule has 0 unspecified atom stereocenters. The number of guanidine groups is 1. The number of carboxylic acid groups (broad SMARTS) is 1. The Labute approximate surface area is 228 Å². The van der Waals surface area contributed by atoms with Crippen LogP contribution in [0.3, 0.4) is 0 Å². The standard InChI is InChI=1S/C25H29ClN6O5S/c26-19-9-15(10-29-25-30-16(12-36-32-25)7-13-3-1-4-13)21(38-19)23-28-11-18(20(31-23)22(27)33)37-17-6-2-5-14(8-17)24(34)35/h9,11-14,17H,1-8,10H2,(H2,27,33)(H,34,35)(H2,29,30,32)/t14-,17-/m0/s1. The number of thiophene rings is 1. The maximum atomic E-state index is 12.3. The number of ether oxygens (including phenoxy) is 1. The number of nitrogens with one attached hydrogen (secondary N) is 2. The SMILES string of the molecule is NC(=O)c1nc(-c2sc(Cl)cc2CNC2=NC(CC3CCC3)=CON2)ncc1O[C@H]1CCC[C@H](C(=O)O)C1. The van der Waals surface area contributed by atoms with Gasteiger partial charge in [0.15, 0.2) is 17.3 Å². The Morgan fingerprint density at radius 2 is 2.11 bits per heavy atom. The van der Waals surface area contributed by atoms with Crippen LogP contribution in [-0.2, 0) is 16.2 Å². The highest BCUT2D eigenvalue weighted by atomic mass is 35.5. The molecular weight excluding hydrogens is 532 g/mol. The summed E-state index contributed by atoms with van der Waals surface area (Å²) in [5.41, 5.74) is 10.0. The Bertz CT molecular complexity index is 1280. The lowest BCUT2D eigenvalue weighted by molar-refractivity contribution is -0.143. The van der Waals surface area contributed by atoms with E-state index in [2.05, 4.69) is 25.8 Å². The number of aliphatic imine (C=N–C) groups is 1. The zero-order valence-corrected chi connectivity index (χ0v) is 22.2. The molecular formula is C25H29ClN6O5S. The Hall–Kier alpha value is -3.38. The van der Waals surface area contributed by atoms with E-state index in [1.54, 1.807) is 12.3 Å². The number of carbonyl (C=O) groups excluding carboxylic acids is 1. The molecule has 202 valence electrons. The molecule has 2 aliphatic carbocycles. The fourth-order valence-electron chi connectivity index (χ4n) is 4.80. The molecule has 1 aliphatic heterocycles. The van der Waals surface area contributed by atoms with Crippen LogP contribution in [0.1, 0.15) is 67.4 Å². The summed E-state index contributed by atoms with van der Waals surface area (Å²) in [6, 6.07) is 1.80. The van der Waals surface area contributed by atoms with Crippen LogP contribution < -0.4 is 21.3 Å². The van der Waals surface area contributed by atoms with E-state index in [9.17, 15) is 14.7 Å². The number of aromatic nitrogens is 2. The minimum atomic E-state index is -0.845. The number of halogens is 1. The second-order valence-corrected chi connectivity index (χ2v) is 11.4. The van der Waals surface area contributed by atoms with E-state index in [1.807, 2.05) is 0 Å². The van der Waals surface area contributed by atoms with Crippen molar-refractivity contribution in [2.24, 2.45) is 22.6 Å². The second-order valence-electron chi connectivity index (χ2n) is 9.76. The van der Waals surface area contributed by atoms with Gasteiger partial charge in [0.25, 0.3) is 5.91 Å². The summed E-state index contributed by atoms with van der Waals surface area (Å²) >= 11 is 7.61. The zero-order chi connectivity index (χ0) is 26.6. The van der Waals surface area contributed by atoms with Gasteiger partial charge in [-0.15, -0.1) is 11.3 Å². The Morgan fingerprint density at radius 1 is 1.29 bits per heavy atom. The summed E-state index contributed by atoms with van der Waals surface area (Å²) in [6.45, 7) is 0.358. The highest BCUT2D eigenvalue weighted by molar-refractivity contribution is 7.19. The molecule has 11 nitrogen and oxygen atoms in total. The van der Waals surface area contributed by atoms with E-state index < -0.39 is 17.8 Å². The van der Waals surface area contributed by atoms with Gasteiger partial charge >= 0.3 is 5.97 Å². The molecule has 3 heterocycles. The number of hydrogen-bond donors (Lipinski definition) is 4. The number of hydroxylamine groups is 1. The normalized spacial score (nSPS) is 21.3. The van der Waals surface area contributed by atoms with Gasteiger partial charge in [-0.2, -0.15) is 5.48 Å². The molecule has 0 bridgehead atoms. The van der Waals surface area contributed by atoms with Crippen LogP contribution in [0.5, 0.6) is 5.75 Å². The van der Waals surface area contributed by atoms with Crippen molar-refractivity contribution in [3.05, 3.63) is 39.8 Å². The minimum absolute atomic E-state index is 0.0617. The number of carboxylic acids is 1. The van der Waals surface area contributed by atoms with E-state index in [-0.39, 0.29) is 23.4 Å². The smallest absolute Gasteiger partial charge is 0.306 e. The van der Waals surface area contributed by atoms with Crippen molar-refractivity contribution >= 4 is 40.8 Å². The first kappa shape index (κ1) is 26.2. The van der Waals surface area contributed by atoms with Gasteiger partial charge in [-0.3, -0.25) is 9.59 Å². The molecule has 2 aromatic heterocycles. The lowest BCUT2D eigenvalue weighted by Gasteiger charge is -2.27. The first-order chi connectivity index (χ1) is 18.4. The maximum absolute atomic E-state index is 12.3. The summed E-state index contributed by atoms with van der Waals surface area (Å²) in [7, 11) is 0. The lowest BCUT2D eigenvalue weighted by atomic mass is 9.82. The van der Waals surface area contributed by atoms with Crippen molar-refractivity contribution in [3.63, 3.8) is 0 Å². The molecule has 0 spiro atoms. The van der Waals surface area contributed by atoms with Gasteiger partial charge in [0.1, 0.15) is 6.26 Å². The van der Waals surface area contributed by atoms with E-state index >= 15 is 0 Å². The molecule has 5 N–H and O–H groups in total. The Balaban J connectivity index is 1.30. The van der Waals surface area contributed by atoms with Gasteiger partial charge in [-0.25, -0.2) is 15.0 Å². The molecule has 0 radical (unpaired) electrons. The second kappa shape index (κ2) is 11.6. The molecule has 2 fully saturated rings. The van der Waals surface area contributed by atoms with Crippen LogP contribution in [0.25, 0.3) is 10.7 Å². The number of nitrogens with zero attached hydrogens (tertiary/aromatic N) is 3. The summed E-state index contributed by atoms with van der Waals surface area (Å²) in [6.07, 6.45) is 9.65. The van der Waals surface area contributed by atoms with Crippen LogP contribution in [-0.4, -0.2) is 39.0 Å². The Kier molecular flexibility index (Phi) is 7.98. The van der Waals surface area contributed by atoms with Crippen molar-refractivity contribution in [1.29, 1.82) is 0 Å². The molecule has 13 heteroatoms. The first-order valence-corrected chi connectivity index (χ1v) is 13.8. The molecule has 2 aromatic rings. The van der Waals surface area contributed by atoms with Crippen molar-refractivity contribution < 1.29 is 24.3 Å². The molecule has 38 heavy (non-hydrogen) atoms. The topological polar surface area (TPSA) is 161 Å². The highest BCUT2D eigenvalue weighted by Gasteiger charge is 2.29. The van der Waals surface area contributed by atoms with Gasteiger partial charge in [0, 0.05) is 6.54 Å². The van der Waals surface area contributed by atoms with Crippen LogP contribution in [0.15, 0.2) is 29.2 Å². The number of carbonyl (C=O) groups is 2. The number of allylic oxidation sites excluding steroid dienone is 1. The third kappa shape index (κ3) is 6.18. The first-order valence-electron chi connectivity index (χ1n) is 12.6. The zero-order valence-electron chi connectivity index (χ0n) is 20.6. The van der Waals surface area contributed by atoms with Crippen molar-refractivity contribution in [1.82, 2.24) is 20.8 Å². The fraction of sp³-hybridized carbons (Fsp3) is 0.480. The van der Waals surface area contributed by atoms with Gasteiger partial charge in [-0.1, -0.05) is 30.9 Å². The van der Waals surface area contributed by atoms with Crippen LogP contribution in [0.4, 0.5) is 0 Å². The third-order valence-electron chi connectivity index (χ3n) is 7.01. The van der Waals surface area contributed by atoms with Crippen LogP contribution >= 0.6 is 22.9 Å². The van der Waals surface area contributed by atoms with Gasteiger partial charge in [0.05, 0.1) is 33.1 Å². The van der Waals surface area contributed by atoms with Gasteiger partial charge in [0.2, 0.25) is 5.96 Å². The lowest BCUT2D eigenvalue weighted by Crippen LogP contribution is -2.38. The molecule has 5 rings (SSSR count). The molecule has 2 atom stereocenters. The quantitative estimate of drug-likeness (QED) is 0.355. The number of amides is 1. The van der Waals surface area contributed by atoms with Gasteiger partial charge in [-0.05, 0) is 49.7 Å². The average molecular weight is 561 g/mol. The minimum Gasteiger partial charge on any atom is -0.486 e. The van der Waals surface area contributed by atoms with Crippen LogP contribution in [0, 0.1) is 11.8 Å². The molecule has 0 saturated heterocycles. The number of nitrogens with two attached hydrogens (primary N) is 1. The fourth-order valence-corrected chi connectivity index (χ4v) is 6.01. The number of primary amides is 1. The van der Waals surface area contributed by atoms with Crippen molar-refractivity contribution in [3.8, 4) is 16.5 Å². The predicted molar refractivity (Wildman–Crippen MR) is 141 cm³/mol. The molecule has 1 amide bonds. The monoisotopic (exact) mass is 560 g/mol. The van der Waals surface area contributed by atoms with E-state index in [0.717, 1.165) is 24.1 Å². The molecule has 2 saturated carbocycles. The predicted octanol–water partition coefficient (Wildman–Crippen LogP) is 3.99. The molecule has 3 aliphatic rings. The highest BCUT2D eigenvalue weighted by Crippen LogP contribution is 2.36. The van der Waals surface area contributed by atoms with Crippen molar-refractivity contribution in [2.45, 2.75) is 64.0 Å². The van der Waals surface area contributed by atoms with E-state index in [0.29, 0.717) is 46.9 Å². The summed E-state index contributed by atoms with van der Waals surface area (Å²) in [5, 5.41) is 12.6. The molecule has 0 aromatic carbocycles. The van der Waals surface area contributed by atoms with Gasteiger partial charge < -0.3 is 25.7 Å². The van der Waals surface area contributed by atoms with E-state index in [1.165, 1.54) is 36.8 Å². The summed E-state index contributed by atoms with van der Waals surface area (Å²) in [4.78, 5) is 43.1. The van der Waals surface area contributed by atoms with Crippen molar-refractivity contribution in [2.75, 3.05) is 0 Å². The largest absolute Gasteiger partial charge is 0.486 e. The summed E-state index contributed by atoms with van der Waals surface area (Å²) in [5.74, 6) is -0.508. The number of hydrogen-bond acceptors (Lipinski definition) is 10. The summed E-state index contributed by atoms with van der Waals surface area (Å²) < 4.78 is 6.49. The van der Waals surface area contributed by atoms with E-state index in [4.69, 9.17) is 26.9 Å². The number of aliphatic carboxylic acids is 1. The third-order valence-corrected chi connectivity index (χ3v) is 8.32.